The zero-order chi connectivity index (χ0) is 14.7. The average molecular weight is 283 g/mol. The van der Waals surface area contributed by atoms with Gasteiger partial charge in [-0.2, -0.15) is 0 Å². The molecule has 0 saturated carbocycles. The number of carboxylic acid groups (broad SMARTS) is 1. The Morgan fingerprint density at radius 3 is 2.45 bits per heavy atom. The number of likely N-dealkylation sites (tertiary alicyclic amines) is 1. The van der Waals surface area contributed by atoms with Crippen LogP contribution in [0.1, 0.15) is 46.0 Å². The third-order valence-electron chi connectivity index (χ3n) is 4.45. The van der Waals surface area contributed by atoms with Gasteiger partial charge in [0.15, 0.2) is 0 Å². The molecule has 0 aromatic heterocycles. The lowest BCUT2D eigenvalue weighted by molar-refractivity contribution is -0.138. The van der Waals surface area contributed by atoms with E-state index >= 15 is 0 Å². The fraction of sp³-hybridized carbons (Fsp3) is 0.857. The molecule has 2 saturated heterocycles. The number of piperidine rings is 1. The highest BCUT2D eigenvalue weighted by atomic mass is 16.4. The summed E-state index contributed by atoms with van der Waals surface area (Å²) in [6, 6.07) is 0.638. The second-order valence-corrected chi connectivity index (χ2v) is 6.15. The third-order valence-corrected chi connectivity index (χ3v) is 4.45. The zero-order valence-corrected chi connectivity index (χ0v) is 12.3. The van der Waals surface area contributed by atoms with E-state index in [2.05, 4.69) is 24.3 Å². The minimum absolute atomic E-state index is 0.0847. The van der Waals surface area contributed by atoms with Crippen molar-refractivity contribution in [2.45, 2.75) is 58.0 Å². The molecule has 3 atom stereocenters. The lowest BCUT2D eigenvalue weighted by atomic mass is 10.00. The van der Waals surface area contributed by atoms with Crippen LogP contribution in [0.4, 0.5) is 4.79 Å². The number of amides is 2. The van der Waals surface area contributed by atoms with Crippen LogP contribution in [-0.4, -0.2) is 52.2 Å². The number of carbonyl (C=O) groups is 2. The maximum Gasteiger partial charge on any atom is 0.331 e. The summed E-state index contributed by atoms with van der Waals surface area (Å²) in [5, 5.41) is 10.9. The molecule has 2 rings (SSSR count). The molecule has 0 bridgehead atoms. The first-order chi connectivity index (χ1) is 9.47. The summed E-state index contributed by atoms with van der Waals surface area (Å²) in [6.07, 6.45) is 4.35. The Kier molecular flexibility index (Phi) is 4.86. The van der Waals surface area contributed by atoms with Gasteiger partial charge in [-0.05, 0) is 39.0 Å². The molecule has 6 nitrogen and oxygen atoms in total. The van der Waals surface area contributed by atoms with Crippen LogP contribution in [-0.2, 0) is 4.79 Å². The molecule has 2 amide bonds. The summed E-state index contributed by atoms with van der Waals surface area (Å²) >= 11 is 0. The third kappa shape index (κ3) is 3.62. The van der Waals surface area contributed by atoms with E-state index in [1.807, 2.05) is 0 Å². The van der Waals surface area contributed by atoms with Gasteiger partial charge in [-0.15, -0.1) is 0 Å². The van der Waals surface area contributed by atoms with E-state index in [1.165, 1.54) is 6.42 Å². The van der Waals surface area contributed by atoms with Crippen molar-refractivity contribution < 1.29 is 14.7 Å². The van der Waals surface area contributed by atoms with E-state index in [9.17, 15) is 9.59 Å². The number of aliphatic carboxylic acids is 1. The van der Waals surface area contributed by atoms with Crippen LogP contribution < -0.4 is 5.43 Å². The van der Waals surface area contributed by atoms with Crippen LogP contribution in [0.2, 0.25) is 0 Å². The summed E-state index contributed by atoms with van der Waals surface area (Å²) in [4.78, 5) is 24.7. The van der Waals surface area contributed by atoms with Gasteiger partial charge in [-0.25, -0.2) is 9.80 Å². The Hall–Kier alpha value is -1.30. The Balaban J connectivity index is 1.84. The van der Waals surface area contributed by atoms with E-state index < -0.39 is 5.97 Å². The van der Waals surface area contributed by atoms with E-state index in [0.29, 0.717) is 25.2 Å². The molecule has 2 heterocycles. The molecular formula is C14H25N3O3. The number of hydrogen-bond acceptors (Lipinski definition) is 3. The highest BCUT2D eigenvalue weighted by Crippen LogP contribution is 2.22. The van der Waals surface area contributed by atoms with Crippen LogP contribution in [0.15, 0.2) is 0 Å². The normalized spacial score (nSPS) is 31.3. The molecule has 3 unspecified atom stereocenters. The number of nitrogens with one attached hydrogen (secondary N) is 1. The van der Waals surface area contributed by atoms with Crippen molar-refractivity contribution in [1.29, 1.82) is 0 Å². The second kappa shape index (κ2) is 6.43. The Morgan fingerprint density at radius 2 is 1.85 bits per heavy atom. The Labute approximate surface area is 120 Å². The number of carboxylic acids is 1. The van der Waals surface area contributed by atoms with E-state index in [0.717, 1.165) is 19.3 Å². The molecule has 0 radical (unpaired) electrons. The van der Waals surface area contributed by atoms with Crippen LogP contribution in [0, 0.1) is 5.92 Å². The van der Waals surface area contributed by atoms with Gasteiger partial charge in [0.25, 0.3) is 0 Å². The highest BCUT2D eigenvalue weighted by Gasteiger charge is 2.31. The summed E-state index contributed by atoms with van der Waals surface area (Å²) in [5.41, 5.74) is 3.01. The fourth-order valence-electron chi connectivity index (χ4n) is 3.25. The van der Waals surface area contributed by atoms with Crippen LogP contribution in [0.5, 0.6) is 0 Å². The molecule has 20 heavy (non-hydrogen) atoms. The summed E-state index contributed by atoms with van der Waals surface area (Å²) in [6.45, 7) is 5.47. The molecular weight excluding hydrogens is 258 g/mol. The lowest BCUT2D eigenvalue weighted by Gasteiger charge is -2.39. The van der Waals surface area contributed by atoms with Crippen LogP contribution in [0.25, 0.3) is 0 Å². The van der Waals surface area contributed by atoms with Crippen molar-refractivity contribution in [2.24, 2.45) is 5.92 Å². The molecule has 2 aliphatic heterocycles. The molecule has 0 aromatic carbocycles. The van der Waals surface area contributed by atoms with Gasteiger partial charge < -0.3 is 10.0 Å². The SMILES string of the molecule is CC1CCCC(C)N1NC(=O)N1CCC(CC(=O)O)C1. The minimum Gasteiger partial charge on any atom is -0.481 e. The van der Waals surface area contributed by atoms with Crippen molar-refractivity contribution in [3.8, 4) is 0 Å². The molecule has 2 fully saturated rings. The first kappa shape index (κ1) is 15.1. The number of nitrogens with zero attached hydrogens (tertiary/aromatic N) is 2. The highest BCUT2D eigenvalue weighted by molar-refractivity contribution is 5.74. The molecule has 114 valence electrons. The second-order valence-electron chi connectivity index (χ2n) is 6.15. The average Bonchev–Trinajstić information content (AvgIpc) is 2.81. The molecule has 6 heteroatoms. The van der Waals surface area contributed by atoms with Gasteiger partial charge in [-0.3, -0.25) is 10.2 Å². The predicted molar refractivity (Wildman–Crippen MR) is 75.1 cm³/mol. The Morgan fingerprint density at radius 1 is 1.20 bits per heavy atom. The lowest BCUT2D eigenvalue weighted by Crippen LogP contribution is -2.56. The largest absolute Gasteiger partial charge is 0.481 e. The van der Waals surface area contributed by atoms with Gasteiger partial charge in [0.1, 0.15) is 0 Å². The molecule has 0 spiro atoms. The molecule has 2 aliphatic rings. The zero-order valence-electron chi connectivity index (χ0n) is 12.3. The summed E-state index contributed by atoms with van der Waals surface area (Å²) in [7, 11) is 0. The van der Waals surface area contributed by atoms with E-state index in [1.54, 1.807) is 4.90 Å². The van der Waals surface area contributed by atoms with Gasteiger partial charge in [-0.1, -0.05) is 6.42 Å². The fourth-order valence-corrected chi connectivity index (χ4v) is 3.25. The van der Waals surface area contributed by atoms with Gasteiger partial charge in [0.2, 0.25) is 0 Å². The van der Waals surface area contributed by atoms with Crippen molar-refractivity contribution in [2.75, 3.05) is 13.1 Å². The number of hydrazine groups is 1. The number of urea groups is 1. The Bertz CT molecular complexity index is 365. The number of carbonyl (C=O) groups excluding carboxylic acids is 1. The van der Waals surface area contributed by atoms with E-state index in [4.69, 9.17) is 5.11 Å². The summed E-state index contributed by atoms with van der Waals surface area (Å²) in [5.74, 6) is -0.690. The van der Waals surface area contributed by atoms with Gasteiger partial charge in [0.05, 0.1) is 0 Å². The quantitative estimate of drug-likeness (QED) is 0.826. The minimum atomic E-state index is -0.782. The van der Waals surface area contributed by atoms with Gasteiger partial charge >= 0.3 is 12.0 Å². The molecule has 0 aliphatic carbocycles. The number of hydrogen-bond donors (Lipinski definition) is 2. The summed E-state index contributed by atoms with van der Waals surface area (Å²) < 4.78 is 0. The van der Waals surface area contributed by atoms with E-state index in [-0.39, 0.29) is 18.4 Å². The smallest absolute Gasteiger partial charge is 0.331 e. The van der Waals surface area contributed by atoms with Crippen LogP contribution in [0.3, 0.4) is 0 Å². The first-order valence-electron chi connectivity index (χ1n) is 7.53. The van der Waals surface area contributed by atoms with Crippen molar-refractivity contribution in [1.82, 2.24) is 15.3 Å². The van der Waals surface area contributed by atoms with Gasteiger partial charge in [0, 0.05) is 31.6 Å². The standard InChI is InChI=1S/C14H25N3O3/c1-10-4-3-5-11(2)17(10)15-14(20)16-7-6-12(9-16)8-13(18)19/h10-12H,3-9H2,1-2H3,(H,15,20)(H,18,19). The van der Waals surface area contributed by atoms with Crippen molar-refractivity contribution in [3.63, 3.8) is 0 Å². The number of rotatable bonds is 3. The maximum atomic E-state index is 12.3. The van der Waals surface area contributed by atoms with Crippen molar-refractivity contribution >= 4 is 12.0 Å². The topological polar surface area (TPSA) is 72.9 Å². The first-order valence-corrected chi connectivity index (χ1v) is 7.53. The maximum absolute atomic E-state index is 12.3. The monoisotopic (exact) mass is 283 g/mol. The van der Waals surface area contributed by atoms with Crippen molar-refractivity contribution in [3.05, 3.63) is 0 Å². The molecule has 2 N–H and O–H groups in total. The van der Waals surface area contributed by atoms with Crippen LogP contribution >= 0.6 is 0 Å². The predicted octanol–water partition coefficient (Wildman–Crippen LogP) is 1.67. The molecule has 0 aromatic rings.